The first kappa shape index (κ1) is 11.4. The minimum absolute atomic E-state index is 0.0222. The Bertz CT molecular complexity index is 584. The Balaban J connectivity index is 2.01. The van der Waals surface area contributed by atoms with Gasteiger partial charge in [-0.1, -0.05) is 6.07 Å². The van der Waals surface area contributed by atoms with E-state index in [1.807, 2.05) is 0 Å². The third-order valence-electron chi connectivity index (χ3n) is 3.45. The number of hydrogen-bond acceptors (Lipinski definition) is 2. The van der Waals surface area contributed by atoms with E-state index in [4.69, 9.17) is 4.74 Å². The van der Waals surface area contributed by atoms with Crippen LogP contribution < -0.4 is 0 Å². The topological polar surface area (TPSA) is 42.1 Å². The van der Waals surface area contributed by atoms with Crippen LogP contribution in [0.3, 0.4) is 0 Å². The second kappa shape index (κ2) is 4.53. The van der Waals surface area contributed by atoms with Gasteiger partial charge in [-0.15, -0.1) is 0 Å². The lowest BCUT2D eigenvalue weighted by Gasteiger charge is -2.20. The van der Waals surface area contributed by atoms with Gasteiger partial charge in [0.1, 0.15) is 5.82 Å². The minimum atomic E-state index is -0.353. The van der Waals surface area contributed by atoms with E-state index >= 15 is 0 Å². The average Bonchev–Trinajstić information content (AvgIpc) is 2.84. The Hall–Kier alpha value is -1.68. The van der Waals surface area contributed by atoms with Crippen LogP contribution in [0, 0.1) is 11.7 Å². The molecule has 0 amide bonds. The number of nitrogens with one attached hydrogen (secondary N) is 1. The first-order chi connectivity index (χ1) is 8.77. The Labute approximate surface area is 104 Å². The van der Waals surface area contributed by atoms with Crippen LogP contribution in [0.15, 0.2) is 24.4 Å². The minimum Gasteiger partial charge on any atom is -0.381 e. The molecule has 1 aromatic carbocycles. The number of carbonyl (C=O) groups is 1. The number of carbonyl (C=O) groups excluding carboxylic acids is 1. The molecule has 1 atom stereocenters. The number of H-pyrrole nitrogens is 1. The van der Waals surface area contributed by atoms with E-state index in [1.165, 1.54) is 6.07 Å². The summed E-state index contributed by atoms with van der Waals surface area (Å²) in [5.41, 5.74) is 1.11. The number of fused-ring (bicyclic) bond motifs is 1. The summed E-state index contributed by atoms with van der Waals surface area (Å²) in [5, 5.41) is 0.396. The molecule has 0 saturated carbocycles. The molecular weight excluding hydrogens is 233 g/mol. The highest BCUT2D eigenvalue weighted by Crippen LogP contribution is 2.26. The largest absolute Gasteiger partial charge is 0.381 e. The van der Waals surface area contributed by atoms with Gasteiger partial charge in [-0.2, -0.15) is 0 Å². The van der Waals surface area contributed by atoms with Crippen molar-refractivity contribution in [2.75, 3.05) is 13.2 Å². The summed E-state index contributed by atoms with van der Waals surface area (Å²) in [7, 11) is 0. The van der Waals surface area contributed by atoms with Crippen molar-refractivity contribution in [1.29, 1.82) is 0 Å². The SMILES string of the molecule is O=C(c1c[nH]c2cccc(F)c12)C1CCCOC1. The van der Waals surface area contributed by atoms with Gasteiger partial charge in [0.15, 0.2) is 5.78 Å². The number of ether oxygens (including phenoxy) is 1. The molecule has 1 aliphatic heterocycles. The third kappa shape index (κ3) is 1.82. The maximum absolute atomic E-state index is 13.8. The molecule has 1 saturated heterocycles. The van der Waals surface area contributed by atoms with E-state index in [1.54, 1.807) is 18.3 Å². The molecule has 3 nitrogen and oxygen atoms in total. The van der Waals surface area contributed by atoms with Crippen LogP contribution in [0.5, 0.6) is 0 Å². The summed E-state index contributed by atoms with van der Waals surface area (Å²) >= 11 is 0. The lowest BCUT2D eigenvalue weighted by Crippen LogP contribution is -2.25. The monoisotopic (exact) mass is 247 g/mol. The lowest BCUT2D eigenvalue weighted by atomic mass is 9.92. The number of aromatic nitrogens is 1. The van der Waals surface area contributed by atoms with Crippen molar-refractivity contribution in [3.63, 3.8) is 0 Å². The normalized spacial score (nSPS) is 20.2. The maximum Gasteiger partial charge on any atom is 0.170 e. The van der Waals surface area contributed by atoms with E-state index in [9.17, 15) is 9.18 Å². The summed E-state index contributed by atoms with van der Waals surface area (Å²) in [5.74, 6) is -0.516. The van der Waals surface area contributed by atoms with Gasteiger partial charge in [0.05, 0.1) is 6.61 Å². The molecule has 1 aromatic heterocycles. The number of rotatable bonds is 2. The molecule has 2 aromatic rings. The lowest BCUT2D eigenvalue weighted by molar-refractivity contribution is 0.0462. The van der Waals surface area contributed by atoms with Crippen molar-refractivity contribution in [2.45, 2.75) is 12.8 Å². The summed E-state index contributed by atoms with van der Waals surface area (Å²) in [6.45, 7) is 1.16. The number of halogens is 1. The van der Waals surface area contributed by atoms with Crippen LogP contribution in [0.1, 0.15) is 23.2 Å². The first-order valence-electron chi connectivity index (χ1n) is 6.15. The van der Waals surface area contributed by atoms with Gasteiger partial charge in [0, 0.05) is 35.2 Å². The Morgan fingerprint density at radius 3 is 3.11 bits per heavy atom. The Morgan fingerprint density at radius 2 is 2.33 bits per heavy atom. The molecule has 18 heavy (non-hydrogen) atoms. The van der Waals surface area contributed by atoms with Crippen LogP contribution in [-0.2, 0) is 4.74 Å². The summed E-state index contributed by atoms with van der Waals surface area (Å²) in [4.78, 5) is 15.3. The van der Waals surface area contributed by atoms with Crippen molar-refractivity contribution in [3.05, 3.63) is 35.8 Å². The number of aromatic amines is 1. The zero-order valence-corrected chi connectivity index (χ0v) is 9.91. The van der Waals surface area contributed by atoms with Gasteiger partial charge in [-0.25, -0.2) is 4.39 Å². The zero-order valence-electron chi connectivity index (χ0n) is 9.91. The van der Waals surface area contributed by atoms with Gasteiger partial charge >= 0.3 is 0 Å². The zero-order chi connectivity index (χ0) is 12.5. The molecule has 94 valence electrons. The smallest absolute Gasteiger partial charge is 0.170 e. The molecular formula is C14H14FNO2. The van der Waals surface area contributed by atoms with E-state index in [2.05, 4.69) is 4.98 Å². The summed E-state index contributed by atoms with van der Waals surface area (Å²) < 4.78 is 19.1. The molecule has 4 heteroatoms. The fraction of sp³-hybridized carbons (Fsp3) is 0.357. The Morgan fingerprint density at radius 1 is 1.44 bits per heavy atom. The van der Waals surface area contributed by atoms with Gasteiger partial charge in [-0.3, -0.25) is 4.79 Å². The van der Waals surface area contributed by atoms with Crippen molar-refractivity contribution in [1.82, 2.24) is 4.98 Å². The summed E-state index contributed by atoms with van der Waals surface area (Å²) in [6.07, 6.45) is 3.31. The first-order valence-corrected chi connectivity index (χ1v) is 6.15. The quantitative estimate of drug-likeness (QED) is 0.829. The predicted octanol–water partition coefficient (Wildman–Crippen LogP) is 2.92. The number of hydrogen-bond donors (Lipinski definition) is 1. The van der Waals surface area contributed by atoms with Gasteiger partial charge in [0.25, 0.3) is 0 Å². The van der Waals surface area contributed by atoms with E-state index < -0.39 is 0 Å². The molecule has 0 spiro atoms. The second-order valence-corrected chi connectivity index (χ2v) is 4.64. The molecule has 0 aliphatic carbocycles. The highest BCUT2D eigenvalue weighted by molar-refractivity contribution is 6.09. The molecule has 0 radical (unpaired) electrons. The predicted molar refractivity (Wildman–Crippen MR) is 66.1 cm³/mol. The third-order valence-corrected chi connectivity index (χ3v) is 3.45. The molecule has 0 bridgehead atoms. The molecule has 2 heterocycles. The van der Waals surface area contributed by atoms with Crippen LogP contribution in [-0.4, -0.2) is 24.0 Å². The van der Waals surface area contributed by atoms with Crippen molar-refractivity contribution >= 4 is 16.7 Å². The van der Waals surface area contributed by atoms with Gasteiger partial charge in [0.2, 0.25) is 0 Å². The van der Waals surface area contributed by atoms with Crippen LogP contribution >= 0.6 is 0 Å². The maximum atomic E-state index is 13.8. The fourth-order valence-corrected chi connectivity index (χ4v) is 2.50. The molecule has 1 N–H and O–H groups in total. The van der Waals surface area contributed by atoms with Crippen LogP contribution in [0.4, 0.5) is 4.39 Å². The second-order valence-electron chi connectivity index (χ2n) is 4.64. The fourth-order valence-electron chi connectivity index (χ4n) is 2.50. The van der Waals surface area contributed by atoms with Gasteiger partial charge in [-0.05, 0) is 25.0 Å². The molecule has 1 fully saturated rings. The highest BCUT2D eigenvalue weighted by atomic mass is 19.1. The van der Waals surface area contributed by atoms with Crippen molar-refractivity contribution < 1.29 is 13.9 Å². The van der Waals surface area contributed by atoms with Crippen molar-refractivity contribution in [2.24, 2.45) is 5.92 Å². The number of benzene rings is 1. The standard InChI is InChI=1S/C14H14FNO2/c15-11-4-1-5-12-13(11)10(7-16-12)14(17)9-3-2-6-18-8-9/h1,4-5,7,9,16H,2-3,6,8H2. The number of ketones is 1. The average molecular weight is 247 g/mol. The Kier molecular flexibility index (Phi) is 2.88. The summed E-state index contributed by atoms with van der Waals surface area (Å²) in [6, 6.07) is 4.78. The van der Waals surface area contributed by atoms with Crippen molar-refractivity contribution in [3.8, 4) is 0 Å². The molecule has 1 unspecified atom stereocenters. The van der Waals surface area contributed by atoms with E-state index in [-0.39, 0.29) is 17.5 Å². The molecule has 3 rings (SSSR count). The van der Waals surface area contributed by atoms with Crippen LogP contribution in [0.2, 0.25) is 0 Å². The number of Topliss-reactive ketones (excluding diaryl/α,β-unsaturated/α-hetero) is 1. The highest BCUT2D eigenvalue weighted by Gasteiger charge is 2.25. The molecule has 1 aliphatic rings. The van der Waals surface area contributed by atoms with E-state index in [0.29, 0.717) is 29.7 Å². The van der Waals surface area contributed by atoms with E-state index in [0.717, 1.165) is 12.8 Å². The van der Waals surface area contributed by atoms with Crippen LogP contribution in [0.25, 0.3) is 10.9 Å². The van der Waals surface area contributed by atoms with Gasteiger partial charge < -0.3 is 9.72 Å².